The smallest absolute Gasteiger partial charge is 0.224 e. The number of carbonyl (C=O) groups excluding carboxylic acids is 1. The van der Waals surface area contributed by atoms with Crippen LogP contribution in [0.4, 0.5) is 0 Å². The van der Waals surface area contributed by atoms with Crippen molar-refractivity contribution in [1.29, 1.82) is 0 Å². The number of amides is 1. The molecule has 0 aromatic carbocycles. The Hall–Kier alpha value is -1.88. The molecule has 2 aromatic rings. The maximum atomic E-state index is 11.3. The Morgan fingerprint density at radius 2 is 2.33 bits per heavy atom. The molecule has 0 fully saturated rings. The number of thiophene rings is 1. The summed E-state index contributed by atoms with van der Waals surface area (Å²) in [4.78, 5) is 16.6. The quantitative estimate of drug-likeness (QED) is 0.901. The normalized spacial score (nSPS) is 15.9. The second kappa shape index (κ2) is 4.42. The highest BCUT2D eigenvalue weighted by molar-refractivity contribution is 7.11. The number of rotatable bonds is 2. The summed E-state index contributed by atoms with van der Waals surface area (Å²) in [5, 5.41) is 5.00. The van der Waals surface area contributed by atoms with Crippen molar-refractivity contribution in [3.05, 3.63) is 40.7 Å². The SMILES string of the molecule is CC1=C(c2cc(-n3ccnc3)cs2)CCC(=O)N1. The molecular weight excluding hydrogens is 246 g/mol. The van der Waals surface area contributed by atoms with Crippen LogP contribution in [0.25, 0.3) is 11.3 Å². The van der Waals surface area contributed by atoms with E-state index in [2.05, 4.69) is 21.7 Å². The van der Waals surface area contributed by atoms with Crippen LogP contribution in [0.3, 0.4) is 0 Å². The molecule has 0 radical (unpaired) electrons. The number of aromatic nitrogens is 2. The maximum Gasteiger partial charge on any atom is 0.224 e. The van der Waals surface area contributed by atoms with Gasteiger partial charge < -0.3 is 9.88 Å². The Labute approximate surface area is 109 Å². The number of allylic oxidation sites excluding steroid dienone is 2. The van der Waals surface area contributed by atoms with Crippen molar-refractivity contribution in [1.82, 2.24) is 14.9 Å². The maximum absolute atomic E-state index is 11.3. The van der Waals surface area contributed by atoms with Crippen LogP contribution in [0.5, 0.6) is 0 Å². The van der Waals surface area contributed by atoms with E-state index in [9.17, 15) is 4.79 Å². The number of carbonyl (C=O) groups is 1. The lowest BCUT2D eigenvalue weighted by Gasteiger charge is -2.17. The van der Waals surface area contributed by atoms with Crippen molar-refractivity contribution in [2.75, 3.05) is 0 Å². The van der Waals surface area contributed by atoms with E-state index in [-0.39, 0.29) is 5.91 Å². The van der Waals surface area contributed by atoms with Crippen molar-refractivity contribution in [3.8, 4) is 5.69 Å². The Balaban J connectivity index is 1.94. The molecule has 2 aromatic heterocycles. The highest BCUT2D eigenvalue weighted by Crippen LogP contribution is 2.31. The van der Waals surface area contributed by atoms with Gasteiger partial charge in [-0.25, -0.2) is 4.98 Å². The van der Waals surface area contributed by atoms with Crippen LogP contribution in [0.2, 0.25) is 0 Å². The molecular formula is C13H13N3OS. The summed E-state index contributed by atoms with van der Waals surface area (Å²) < 4.78 is 1.98. The lowest BCUT2D eigenvalue weighted by molar-refractivity contribution is -0.120. The predicted octanol–water partition coefficient (Wildman–Crippen LogP) is 2.57. The van der Waals surface area contributed by atoms with E-state index >= 15 is 0 Å². The van der Waals surface area contributed by atoms with Crippen molar-refractivity contribution < 1.29 is 4.79 Å². The second-order valence-corrected chi connectivity index (χ2v) is 5.20. The molecule has 0 saturated heterocycles. The van der Waals surface area contributed by atoms with Crippen molar-refractivity contribution >= 4 is 22.8 Å². The average Bonchev–Trinajstić information content (AvgIpc) is 2.99. The van der Waals surface area contributed by atoms with E-state index < -0.39 is 0 Å². The van der Waals surface area contributed by atoms with E-state index in [0.717, 1.165) is 17.8 Å². The van der Waals surface area contributed by atoms with E-state index in [1.54, 1.807) is 23.9 Å². The van der Waals surface area contributed by atoms with Crippen LogP contribution in [0.15, 0.2) is 35.9 Å². The van der Waals surface area contributed by atoms with Gasteiger partial charge in [-0.3, -0.25) is 4.79 Å². The standard InChI is InChI=1S/C13H13N3OS/c1-9-11(2-3-13(17)15-9)12-6-10(7-18-12)16-5-4-14-8-16/h4-8H,2-3H2,1H3,(H,15,17). The zero-order valence-corrected chi connectivity index (χ0v) is 10.8. The van der Waals surface area contributed by atoms with Crippen LogP contribution >= 0.6 is 11.3 Å². The van der Waals surface area contributed by atoms with E-state index in [4.69, 9.17) is 0 Å². The molecule has 0 bridgehead atoms. The first kappa shape index (κ1) is 11.2. The number of hydrogen-bond acceptors (Lipinski definition) is 3. The van der Waals surface area contributed by atoms with Crippen LogP contribution in [0, 0.1) is 0 Å². The van der Waals surface area contributed by atoms with Gasteiger partial charge in [0.05, 0.1) is 12.0 Å². The summed E-state index contributed by atoms with van der Waals surface area (Å²) in [5.41, 5.74) is 3.33. The van der Waals surface area contributed by atoms with Gasteiger partial charge in [-0.05, 0) is 25.0 Å². The minimum Gasteiger partial charge on any atom is -0.330 e. The Morgan fingerprint density at radius 3 is 3.06 bits per heavy atom. The Kier molecular flexibility index (Phi) is 2.76. The summed E-state index contributed by atoms with van der Waals surface area (Å²) in [5.74, 6) is 0.114. The molecule has 0 saturated carbocycles. The minimum atomic E-state index is 0.114. The minimum absolute atomic E-state index is 0.114. The largest absolute Gasteiger partial charge is 0.330 e. The summed E-state index contributed by atoms with van der Waals surface area (Å²) >= 11 is 1.70. The molecule has 3 heterocycles. The van der Waals surface area contributed by atoms with Crippen molar-refractivity contribution in [2.24, 2.45) is 0 Å². The Morgan fingerprint density at radius 1 is 1.44 bits per heavy atom. The predicted molar refractivity (Wildman–Crippen MR) is 71.4 cm³/mol. The summed E-state index contributed by atoms with van der Waals surface area (Å²) in [6, 6.07) is 2.14. The van der Waals surface area contributed by atoms with Gasteiger partial charge in [-0.2, -0.15) is 0 Å². The van der Waals surface area contributed by atoms with Gasteiger partial charge in [0, 0.05) is 34.8 Å². The third-order valence-electron chi connectivity index (χ3n) is 3.07. The zero-order chi connectivity index (χ0) is 12.5. The molecule has 0 aliphatic carbocycles. The summed E-state index contributed by atoms with van der Waals surface area (Å²) in [7, 11) is 0. The van der Waals surface area contributed by atoms with Gasteiger partial charge in [0.15, 0.2) is 0 Å². The molecule has 92 valence electrons. The molecule has 18 heavy (non-hydrogen) atoms. The fourth-order valence-electron chi connectivity index (χ4n) is 2.11. The topological polar surface area (TPSA) is 46.9 Å². The van der Waals surface area contributed by atoms with Gasteiger partial charge >= 0.3 is 0 Å². The summed E-state index contributed by atoms with van der Waals surface area (Å²) in [6.07, 6.45) is 6.88. The Bertz CT molecular complexity index is 610. The molecule has 1 N–H and O–H groups in total. The molecule has 5 heteroatoms. The second-order valence-electron chi connectivity index (χ2n) is 4.29. The number of imidazole rings is 1. The molecule has 4 nitrogen and oxygen atoms in total. The molecule has 0 unspecified atom stereocenters. The lowest BCUT2D eigenvalue weighted by atomic mass is 10.0. The molecule has 0 spiro atoms. The van der Waals surface area contributed by atoms with Gasteiger partial charge in [0.1, 0.15) is 0 Å². The highest BCUT2D eigenvalue weighted by atomic mass is 32.1. The van der Waals surface area contributed by atoms with E-state index in [1.807, 2.05) is 17.7 Å². The van der Waals surface area contributed by atoms with Gasteiger partial charge in [0.25, 0.3) is 0 Å². The fourth-order valence-corrected chi connectivity index (χ4v) is 3.14. The van der Waals surface area contributed by atoms with E-state index in [1.165, 1.54) is 10.5 Å². The fraction of sp³-hybridized carbons (Fsp3) is 0.231. The average molecular weight is 259 g/mol. The monoisotopic (exact) mass is 259 g/mol. The number of nitrogens with zero attached hydrogens (tertiary/aromatic N) is 2. The highest BCUT2D eigenvalue weighted by Gasteiger charge is 2.17. The number of nitrogens with one attached hydrogen (secondary N) is 1. The van der Waals surface area contributed by atoms with Crippen molar-refractivity contribution in [2.45, 2.75) is 19.8 Å². The van der Waals surface area contributed by atoms with Gasteiger partial charge in [-0.1, -0.05) is 0 Å². The van der Waals surface area contributed by atoms with E-state index in [0.29, 0.717) is 6.42 Å². The number of hydrogen-bond donors (Lipinski definition) is 1. The van der Waals surface area contributed by atoms with Gasteiger partial charge in [0.2, 0.25) is 5.91 Å². The van der Waals surface area contributed by atoms with Crippen LogP contribution < -0.4 is 5.32 Å². The first-order chi connectivity index (χ1) is 8.74. The first-order valence-electron chi connectivity index (χ1n) is 5.81. The first-order valence-corrected chi connectivity index (χ1v) is 6.69. The molecule has 0 atom stereocenters. The third kappa shape index (κ3) is 1.97. The van der Waals surface area contributed by atoms with Crippen molar-refractivity contribution in [3.63, 3.8) is 0 Å². The summed E-state index contributed by atoms with van der Waals surface area (Å²) in [6.45, 7) is 1.96. The van der Waals surface area contributed by atoms with Crippen LogP contribution in [0.1, 0.15) is 24.6 Å². The van der Waals surface area contributed by atoms with Crippen LogP contribution in [-0.2, 0) is 4.79 Å². The zero-order valence-electron chi connectivity index (χ0n) is 10.0. The van der Waals surface area contributed by atoms with Gasteiger partial charge in [-0.15, -0.1) is 11.3 Å². The van der Waals surface area contributed by atoms with Crippen LogP contribution in [-0.4, -0.2) is 15.5 Å². The molecule has 1 aliphatic rings. The molecule has 1 amide bonds. The molecule has 1 aliphatic heterocycles. The lowest BCUT2D eigenvalue weighted by Crippen LogP contribution is -2.25. The molecule has 3 rings (SSSR count). The third-order valence-corrected chi connectivity index (χ3v) is 4.04.